The van der Waals surface area contributed by atoms with E-state index in [1.807, 2.05) is 72.9 Å². The molecule has 11 nitrogen and oxygen atoms in total. The standard InChI is InChI=1S/C58H93NO10/c1-4-7-10-13-16-19-22-24-25-26-28-30-33-36-39-42-45-51(62)57(66)59-49(50(61)44-41-38-35-32-29-21-18-15-12-9-6-3)48-67-58-56(55(65)54(64)52(47-60)68-58)69-53(63)46-43-40-37-34-31-27-23-20-17-14-11-8-5-2/h8,11,14,16-17,19-20,23-25,27-28,30-31,34,36-37,39,41,44,49-52,54-56,58,60-62,64-65H,4-7,9-10,12-13,15,18,21-22,26,29,32-33,35,38,40,42-43,45-48H2,1-3H3,(H,59,66)/b11-8+,17-14+,19-16-,23-20-,25-24-,30-28-,31-27-,37-34+,39-36-,44-41+. The topological polar surface area (TPSA) is 175 Å². The van der Waals surface area contributed by atoms with E-state index in [2.05, 4.69) is 68.6 Å². The van der Waals surface area contributed by atoms with Gasteiger partial charge in [0.25, 0.3) is 0 Å². The molecule has 0 aromatic heterocycles. The zero-order chi connectivity index (χ0) is 50.4. The van der Waals surface area contributed by atoms with Crippen LogP contribution in [-0.4, -0.2) is 99.6 Å². The van der Waals surface area contributed by atoms with Gasteiger partial charge in [-0.1, -0.05) is 206 Å². The van der Waals surface area contributed by atoms with Crippen LogP contribution < -0.4 is 5.32 Å². The number of ether oxygens (including phenoxy) is 3. The van der Waals surface area contributed by atoms with E-state index in [0.717, 1.165) is 57.8 Å². The molecule has 1 heterocycles. The van der Waals surface area contributed by atoms with Gasteiger partial charge in [-0.3, -0.25) is 9.59 Å². The van der Waals surface area contributed by atoms with Crippen LogP contribution in [0.1, 0.15) is 168 Å². The third-order valence-electron chi connectivity index (χ3n) is 11.5. The first kappa shape index (κ1) is 63.1. The molecule has 0 saturated carbocycles. The lowest BCUT2D eigenvalue weighted by atomic mass is 9.99. The van der Waals surface area contributed by atoms with Crippen LogP contribution in [0.4, 0.5) is 0 Å². The number of aliphatic hydroxyl groups excluding tert-OH is 5. The Bertz CT molecular complexity index is 1570. The summed E-state index contributed by atoms with van der Waals surface area (Å²) < 4.78 is 17.4. The Morgan fingerprint density at radius 3 is 1.71 bits per heavy atom. The molecular formula is C58H93NO10. The molecular weight excluding hydrogens is 871 g/mol. The number of unbranched alkanes of at least 4 members (excludes halogenated alkanes) is 13. The van der Waals surface area contributed by atoms with E-state index in [-0.39, 0.29) is 19.4 Å². The van der Waals surface area contributed by atoms with E-state index < -0.39 is 67.4 Å². The summed E-state index contributed by atoms with van der Waals surface area (Å²) in [7, 11) is 0. The molecule has 8 unspecified atom stereocenters. The van der Waals surface area contributed by atoms with Crippen molar-refractivity contribution >= 4 is 11.9 Å². The van der Waals surface area contributed by atoms with Crippen LogP contribution in [-0.2, 0) is 23.8 Å². The van der Waals surface area contributed by atoms with Crippen molar-refractivity contribution in [1.82, 2.24) is 5.32 Å². The third-order valence-corrected chi connectivity index (χ3v) is 11.5. The van der Waals surface area contributed by atoms with Crippen LogP contribution in [0.15, 0.2) is 122 Å². The van der Waals surface area contributed by atoms with Crippen LogP contribution in [0, 0.1) is 0 Å². The molecule has 1 saturated heterocycles. The largest absolute Gasteiger partial charge is 0.454 e. The SMILES string of the molecule is CC/C=C/C=C/C=C\C=C/C=C/CCCC(=O)OC1C(OCC(NC(=O)C(O)CC/C=C\C/C=C\C/C=C\C/C=C\CCCCC)C(O)/C=C/CCCCCCCCCCC)OC(CO)C(O)C1O. The van der Waals surface area contributed by atoms with E-state index in [4.69, 9.17) is 14.2 Å². The van der Waals surface area contributed by atoms with Gasteiger partial charge >= 0.3 is 5.97 Å². The fraction of sp³-hybridized carbons (Fsp3) is 0.621. The van der Waals surface area contributed by atoms with Crippen molar-refractivity contribution in [3.63, 3.8) is 0 Å². The highest BCUT2D eigenvalue weighted by molar-refractivity contribution is 5.80. The van der Waals surface area contributed by atoms with Gasteiger partial charge in [0.2, 0.25) is 5.91 Å². The number of hydrogen-bond acceptors (Lipinski definition) is 10. The van der Waals surface area contributed by atoms with E-state index in [1.165, 1.54) is 57.8 Å². The average Bonchev–Trinajstić information content (AvgIpc) is 3.34. The first-order valence-corrected chi connectivity index (χ1v) is 26.4. The molecule has 6 N–H and O–H groups in total. The van der Waals surface area contributed by atoms with Crippen molar-refractivity contribution in [3.8, 4) is 0 Å². The van der Waals surface area contributed by atoms with E-state index in [9.17, 15) is 35.1 Å². The number of nitrogens with one attached hydrogen (secondary N) is 1. The first-order chi connectivity index (χ1) is 33.7. The molecule has 1 amide bonds. The Kier molecular flexibility index (Phi) is 41.3. The lowest BCUT2D eigenvalue weighted by molar-refractivity contribution is -0.305. The van der Waals surface area contributed by atoms with Crippen LogP contribution >= 0.6 is 0 Å². The maximum absolute atomic E-state index is 13.3. The second kappa shape index (κ2) is 45.2. The smallest absolute Gasteiger partial charge is 0.306 e. The number of esters is 1. The van der Waals surface area contributed by atoms with Crippen LogP contribution in [0.2, 0.25) is 0 Å². The summed E-state index contributed by atoms with van der Waals surface area (Å²) in [6.45, 7) is 5.48. The highest BCUT2D eigenvalue weighted by Gasteiger charge is 2.47. The van der Waals surface area contributed by atoms with Gasteiger partial charge in [-0.2, -0.15) is 0 Å². The van der Waals surface area contributed by atoms with Gasteiger partial charge in [0.05, 0.1) is 25.4 Å². The third kappa shape index (κ3) is 34.1. The minimum atomic E-state index is -1.66. The van der Waals surface area contributed by atoms with Gasteiger partial charge in [0, 0.05) is 6.42 Å². The molecule has 1 fully saturated rings. The molecule has 0 radical (unpaired) electrons. The zero-order valence-electron chi connectivity index (χ0n) is 42.6. The maximum Gasteiger partial charge on any atom is 0.306 e. The molecule has 1 aliphatic heterocycles. The molecule has 0 aliphatic carbocycles. The van der Waals surface area contributed by atoms with E-state index in [1.54, 1.807) is 6.08 Å². The number of amides is 1. The molecule has 1 aliphatic rings. The average molecular weight is 964 g/mol. The Labute approximate surface area is 417 Å². The Hall–Kier alpha value is -3.94. The van der Waals surface area contributed by atoms with Crippen molar-refractivity contribution in [2.45, 2.75) is 217 Å². The van der Waals surface area contributed by atoms with E-state index >= 15 is 0 Å². The van der Waals surface area contributed by atoms with Crippen LogP contribution in [0.3, 0.4) is 0 Å². The van der Waals surface area contributed by atoms with Crippen molar-refractivity contribution in [2.75, 3.05) is 13.2 Å². The van der Waals surface area contributed by atoms with E-state index in [0.29, 0.717) is 19.3 Å². The Morgan fingerprint density at radius 2 is 1.10 bits per heavy atom. The lowest BCUT2D eigenvalue weighted by Gasteiger charge is -2.41. The lowest BCUT2D eigenvalue weighted by Crippen LogP contribution is -2.61. The predicted octanol–water partition coefficient (Wildman–Crippen LogP) is 11.2. The molecule has 0 aromatic rings. The summed E-state index contributed by atoms with van der Waals surface area (Å²) >= 11 is 0. The molecule has 0 bridgehead atoms. The monoisotopic (exact) mass is 964 g/mol. The van der Waals surface area contributed by atoms with Gasteiger partial charge in [-0.05, 0) is 77.0 Å². The maximum atomic E-state index is 13.3. The van der Waals surface area contributed by atoms with Gasteiger partial charge in [0.1, 0.15) is 24.4 Å². The number of carbonyl (C=O) groups is 2. The van der Waals surface area contributed by atoms with Crippen LogP contribution in [0.25, 0.3) is 0 Å². The van der Waals surface area contributed by atoms with Gasteiger partial charge in [-0.25, -0.2) is 0 Å². The molecule has 390 valence electrons. The van der Waals surface area contributed by atoms with Gasteiger partial charge in [0.15, 0.2) is 12.4 Å². The highest BCUT2D eigenvalue weighted by atomic mass is 16.7. The molecule has 69 heavy (non-hydrogen) atoms. The fourth-order valence-electron chi connectivity index (χ4n) is 7.26. The normalized spacial score (nSPS) is 20.8. The summed E-state index contributed by atoms with van der Waals surface area (Å²) in [6.07, 6.45) is 51.3. The summed E-state index contributed by atoms with van der Waals surface area (Å²) in [5.41, 5.74) is 0. The number of carbonyl (C=O) groups excluding carboxylic acids is 2. The second-order valence-corrected chi connectivity index (χ2v) is 17.6. The zero-order valence-corrected chi connectivity index (χ0v) is 42.6. The molecule has 1 rings (SSSR count). The number of rotatable bonds is 41. The highest BCUT2D eigenvalue weighted by Crippen LogP contribution is 2.26. The number of aliphatic hydroxyl groups is 5. The fourth-order valence-corrected chi connectivity index (χ4v) is 7.26. The van der Waals surface area contributed by atoms with Crippen molar-refractivity contribution in [3.05, 3.63) is 122 Å². The Morgan fingerprint density at radius 1 is 0.594 bits per heavy atom. The summed E-state index contributed by atoms with van der Waals surface area (Å²) in [6, 6.07) is -1.07. The van der Waals surface area contributed by atoms with Crippen molar-refractivity contribution < 1.29 is 49.3 Å². The minimum Gasteiger partial charge on any atom is -0.454 e. The quantitative estimate of drug-likeness (QED) is 0.0150. The second-order valence-electron chi connectivity index (χ2n) is 17.6. The number of hydrogen-bond donors (Lipinski definition) is 6. The van der Waals surface area contributed by atoms with Gasteiger partial charge in [-0.15, -0.1) is 0 Å². The van der Waals surface area contributed by atoms with Crippen LogP contribution in [0.5, 0.6) is 0 Å². The molecule has 0 spiro atoms. The Balaban J connectivity index is 2.87. The van der Waals surface area contributed by atoms with Crippen molar-refractivity contribution in [2.24, 2.45) is 0 Å². The molecule has 0 aromatic carbocycles. The molecule has 8 atom stereocenters. The predicted molar refractivity (Wildman–Crippen MR) is 282 cm³/mol. The minimum absolute atomic E-state index is 0.0135. The number of allylic oxidation sites excluding steroid dienone is 19. The first-order valence-electron chi connectivity index (χ1n) is 26.4. The van der Waals surface area contributed by atoms with Crippen molar-refractivity contribution in [1.29, 1.82) is 0 Å². The summed E-state index contributed by atoms with van der Waals surface area (Å²) in [4.78, 5) is 26.3. The van der Waals surface area contributed by atoms with Gasteiger partial charge < -0.3 is 45.1 Å². The molecule has 11 heteroatoms. The summed E-state index contributed by atoms with van der Waals surface area (Å²) in [5, 5.41) is 56.5. The summed E-state index contributed by atoms with van der Waals surface area (Å²) in [5.74, 6) is -1.35.